The molecule has 1 amide bonds. The summed E-state index contributed by atoms with van der Waals surface area (Å²) in [5, 5.41) is 0. The zero-order valence-electron chi connectivity index (χ0n) is 12.3. The fourth-order valence-corrected chi connectivity index (χ4v) is 2.96. The summed E-state index contributed by atoms with van der Waals surface area (Å²) in [6.45, 7) is 4.90. The van der Waals surface area contributed by atoms with E-state index in [0.29, 0.717) is 12.4 Å². The van der Waals surface area contributed by atoms with Crippen LogP contribution in [0.3, 0.4) is 0 Å². The first kappa shape index (κ1) is 16.6. The molecular formula is C13H25NO4S. The lowest BCUT2D eigenvalue weighted by atomic mass is 10.2. The summed E-state index contributed by atoms with van der Waals surface area (Å²) in [6.07, 6.45) is 3.35. The molecule has 19 heavy (non-hydrogen) atoms. The van der Waals surface area contributed by atoms with E-state index in [0.717, 1.165) is 19.4 Å². The largest absolute Gasteiger partial charge is 0.376 e. The van der Waals surface area contributed by atoms with Crippen LogP contribution in [-0.2, 0) is 25.1 Å². The van der Waals surface area contributed by atoms with Crippen molar-refractivity contribution >= 4 is 16.7 Å². The molecule has 0 unspecified atom stereocenters. The summed E-state index contributed by atoms with van der Waals surface area (Å²) >= 11 is 0. The SMILES string of the molecule is C[C@H](OC[C@@H]1CCCO1)C(=O)N(C)[C@@H](C)C[S@@](C)=O. The fourth-order valence-electron chi connectivity index (χ4n) is 2.05. The third-order valence-electron chi connectivity index (χ3n) is 3.39. The molecule has 6 heteroatoms. The first-order valence-electron chi connectivity index (χ1n) is 6.71. The summed E-state index contributed by atoms with van der Waals surface area (Å²) in [4.78, 5) is 13.7. The van der Waals surface area contributed by atoms with E-state index in [-0.39, 0.29) is 18.1 Å². The number of carbonyl (C=O) groups excluding carboxylic acids is 1. The highest BCUT2D eigenvalue weighted by atomic mass is 32.2. The van der Waals surface area contributed by atoms with Crippen LogP contribution in [0.15, 0.2) is 0 Å². The van der Waals surface area contributed by atoms with Gasteiger partial charge in [0.1, 0.15) is 6.10 Å². The van der Waals surface area contributed by atoms with Gasteiger partial charge in [0.05, 0.1) is 12.7 Å². The zero-order valence-corrected chi connectivity index (χ0v) is 13.1. The maximum atomic E-state index is 12.1. The molecule has 0 saturated carbocycles. The standard InChI is InChI=1S/C13H25NO4S/c1-10(9-19(4)16)14(3)13(15)11(2)18-8-12-6-5-7-17-12/h10-12H,5-9H2,1-4H3/t10-,11-,12-,19+/m0/s1. The van der Waals surface area contributed by atoms with Crippen LogP contribution in [-0.4, -0.2) is 65.5 Å². The van der Waals surface area contributed by atoms with Gasteiger partial charge in [0.15, 0.2) is 0 Å². The van der Waals surface area contributed by atoms with Gasteiger partial charge in [0.2, 0.25) is 0 Å². The third kappa shape index (κ3) is 5.58. The number of likely N-dealkylation sites (N-methyl/N-ethyl adjacent to an activating group) is 1. The molecule has 112 valence electrons. The third-order valence-corrected chi connectivity index (χ3v) is 4.34. The van der Waals surface area contributed by atoms with Crippen LogP contribution in [0, 0.1) is 0 Å². The van der Waals surface area contributed by atoms with Gasteiger partial charge >= 0.3 is 0 Å². The molecule has 1 fully saturated rings. The van der Waals surface area contributed by atoms with Gasteiger partial charge in [-0.15, -0.1) is 0 Å². The Kier molecular flexibility index (Phi) is 6.96. The summed E-state index contributed by atoms with van der Waals surface area (Å²) < 4.78 is 22.2. The van der Waals surface area contributed by atoms with Gasteiger partial charge in [0.25, 0.3) is 5.91 Å². The molecule has 0 aromatic heterocycles. The minimum absolute atomic E-state index is 0.0490. The Labute approximate surface area is 118 Å². The van der Waals surface area contributed by atoms with E-state index >= 15 is 0 Å². The Bertz CT molecular complexity index is 318. The second-order valence-corrected chi connectivity index (χ2v) is 6.63. The van der Waals surface area contributed by atoms with Crippen molar-refractivity contribution in [3.63, 3.8) is 0 Å². The lowest BCUT2D eigenvalue weighted by molar-refractivity contribution is -0.144. The molecule has 4 atom stereocenters. The van der Waals surface area contributed by atoms with Gasteiger partial charge in [0, 0.05) is 42.5 Å². The molecule has 0 aromatic rings. The van der Waals surface area contributed by atoms with Crippen LogP contribution >= 0.6 is 0 Å². The molecule has 5 nitrogen and oxygen atoms in total. The highest BCUT2D eigenvalue weighted by molar-refractivity contribution is 7.84. The van der Waals surface area contributed by atoms with E-state index in [9.17, 15) is 9.00 Å². The average Bonchev–Trinajstić information content (AvgIpc) is 2.86. The first-order valence-corrected chi connectivity index (χ1v) is 8.44. The van der Waals surface area contributed by atoms with Gasteiger partial charge in [-0.25, -0.2) is 0 Å². The van der Waals surface area contributed by atoms with Crippen molar-refractivity contribution in [1.29, 1.82) is 0 Å². The molecule has 0 N–H and O–H groups in total. The topological polar surface area (TPSA) is 55.8 Å². The molecule has 0 aromatic carbocycles. The van der Waals surface area contributed by atoms with Crippen LogP contribution in [0.5, 0.6) is 0 Å². The van der Waals surface area contributed by atoms with E-state index in [1.807, 2.05) is 6.92 Å². The molecule has 1 heterocycles. The van der Waals surface area contributed by atoms with Crippen LogP contribution < -0.4 is 0 Å². The molecule has 0 radical (unpaired) electrons. The first-order chi connectivity index (χ1) is 8.91. The molecule has 1 saturated heterocycles. The molecule has 0 spiro atoms. The lowest BCUT2D eigenvalue weighted by Crippen LogP contribution is -2.44. The quantitative estimate of drug-likeness (QED) is 0.696. The van der Waals surface area contributed by atoms with Crippen molar-refractivity contribution in [3.05, 3.63) is 0 Å². The number of hydrogen-bond donors (Lipinski definition) is 0. The highest BCUT2D eigenvalue weighted by Crippen LogP contribution is 2.13. The molecule has 1 aliphatic heterocycles. The second-order valence-electron chi connectivity index (χ2n) is 5.15. The van der Waals surface area contributed by atoms with E-state index in [4.69, 9.17) is 9.47 Å². The predicted molar refractivity (Wildman–Crippen MR) is 75.6 cm³/mol. The number of ether oxygens (including phenoxy) is 2. The van der Waals surface area contributed by atoms with Gasteiger partial charge in [-0.1, -0.05) is 0 Å². The number of carbonyl (C=O) groups is 1. The van der Waals surface area contributed by atoms with Crippen LogP contribution in [0.2, 0.25) is 0 Å². The van der Waals surface area contributed by atoms with Gasteiger partial charge in [-0.3, -0.25) is 9.00 Å². The minimum Gasteiger partial charge on any atom is -0.376 e. The molecule has 1 rings (SSSR count). The lowest BCUT2D eigenvalue weighted by Gasteiger charge is -2.27. The fraction of sp³-hybridized carbons (Fsp3) is 0.923. The van der Waals surface area contributed by atoms with Crippen molar-refractivity contribution in [2.45, 2.75) is 44.9 Å². The smallest absolute Gasteiger partial charge is 0.251 e. The molecule has 1 aliphatic rings. The van der Waals surface area contributed by atoms with Crippen LogP contribution in [0.25, 0.3) is 0 Å². The van der Waals surface area contributed by atoms with Crippen LogP contribution in [0.4, 0.5) is 0 Å². The van der Waals surface area contributed by atoms with Crippen molar-refractivity contribution in [1.82, 2.24) is 4.90 Å². The average molecular weight is 291 g/mol. The summed E-state index contributed by atoms with van der Waals surface area (Å²) in [5.74, 6) is 0.414. The zero-order chi connectivity index (χ0) is 14.4. The summed E-state index contributed by atoms with van der Waals surface area (Å²) in [6, 6.07) is -0.0490. The molecule has 0 aliphatic carbocycles. The number of rotatable bonds is 7. The number of nitrogens with zero attached hydrogens (tertiary/aromatic N) is 1. The van der Waals surface area contributed by atoms with E-state index in [1.54, 1.807) is 25.1 Å². The number of hydrogen-bond acceptors (Lipinski definition) is 4. The number of amides is 1. The maximum Gasteiger partial charge on any atom is 0.251 e. The van der Waals surface area contributed by atoms with E-state index in [2.05, 4.69) is 0 Å². The Morgan fingerprint density at radius 1 is 1.53 bits per heavy atom. The Balaban J connectivity index is 2.35. The monoisotopic (exact) mass is 291 g/mol. The van der Waals surface area contributed by atoms with Crippen molar-refractivity contribution in [2.24, 2.45) is 0 Å². The van der Waals surface area contributed by atoms with Gasteiger partial charge in [-0.2, -0.15) is 0 Å². The molecule has 0 bridgehead atoms. The normalized spacial score (nSPS) is 23.9. The molecular weight excluding hydrogens is 266 g/mol. The van der Waals surface area contributed by atoms with Crippen LogP contribution in [0.1, 0.15) is 26.7 Å². The van der Waals surface area contributed by atoms with Gasteiger partial charge in [-0.05, 0) is 26.7 Å². The summed E-state index contributed by atoms with van der Waals surface area (Å²) in [7, 11) is 0.822. The Morgan fingerprint density at radius 3 is 2.74 bits per heavy atom. The minimum atomic E-state index is -0.906. The van der Waals surface area contributed by atoms with Crippen molar-refractivity contribution in [2.75, 3.05) is 32.3 Å². The van der Waals surface area contributed by atoms with Gasteiger partial charge < -0.3 is 14.4 Å². The summed E-state index contributed by atoms with van der Waals surface area (Å²) in [5.41, 5.74) is 0. The maximum absolute atomic E-state index is 12.1. The van der Waals surface area contributed by atoms with E-state index < -0.39 is 16.9 Å². The van der Waals surface area contributed by atoms with E-state index in [1.165, 1.54) is 0 Å². The Morgan fingerprint density at radius 2 is 2.21 bits per heavy atom. The van der Waals surface area contributed by atoms with Crippen molar-refractivity contribution in [3.8, 4) is 0 Å². The highest BCUT2D eigenvalue weighted by Gasteiger charge is 2.24. The van der Waals surface area contributed by atoms with Crippen molar-refractivity contribution < 1.29 is 18.5 Å². The second kappa shape index (κ2) is 7.97. The predicted octanol–water partition coefficient (Wildman–Crippen LogP) is 0.796. The Hall–Kier alpha value is -0.460.